The van der Waals surface area contributed by atoms with Crippen molar-refractivity contribution in [1.29, 1.82) is 0 Å². The SMILES string of the molecule is O=C(COC(=O)c1cccc(N2C(=O)C3C4C=CC(C5CC45)C3C2=O)c1)c1ccc(OC(=O)c2ccco2)cc1. The quantitative estimate of drug-likeness (QED) is 0.145. The molecule has 6 unspecified atom stereocenters. The first kappa shape index (κ1) is 24.3. The van der Waals surface area contributed by atoms with Crippen LogP contribution in [0.1, 0.15) is 37.7 Å². The Balaban J connectivity index is 0.991. The van der Waals surface area contributed by atoms with Crippen molar-refractivity contribution in [2.45, 2.75) is 6.42 Å². The number of ketones is 1. The minimum absolute atomic E-state index is 0.0496. The molecule has 5 aliphatic rings. The van der Waals surface area contributed by atoms with Crippen molar-refractivity contribution in [3.8, 4) is 5.75 Å². The Morgan fingerprint density at radius 1 is 0.825 bits per heavy atom. The van der Waals surface area contributed by atoms with Crippen LogP contribution in [0.25, 0.3) is 0 Å². The summed E-state index contributed by atoms with van der Waals surface area (Å²) in [5.74, 6) is -1.47. The topological polar surface area (TPSA) is 120 Å². The summed E-state index contributed by atoms with van der Waals surface area (Å²) in [6.07, 6.45) is 6.66. The van der Waals surface area contributed by atoms with Gasteiger partial charge in [0, 0.05) is 5.56 Å². The molecule has 0 radical (unpaired) electrons. The highest BCUT2D eigenvalue weighted by Crippen LogP contribution is 2.65. The molecule has 3 fully saturated rings. The van der Waals surface area contributed by atoms with Gasteiger partial charge in [0.05, 0.1) is 29.3 Å². The highest BCUT2D eigenvalue weighted by molar-refractivity contribution is 6.23. The van der Waals surface area contributed by atoms with Crippen molar-refractivity contribution >= 4 is 35.2 Å². The number of hydrogen-bond acceptors (Lipinski definition) is 8. The number of allylic oxidation sites excluding steroid dienone is 2. The van der Waals surface area contributed by atoms with Gasteiger partial charge in [-0.25, -0.2) is 14.5 Å². The van der Waals surface area contributed by atoms with Gasteiger partial charge in [0.2, 0.25) is 17.6 Å². The second-order valence-electron chi connectivity index (χ2n) is 10.6. The summed E-state index contributed by atoms with van der Waals surface area (Å²) in [5, 5.41) is 0. The van der Waals surface area contributed by atoms with Crippen LogP contribution in [0.15, 0.2) is 83.5 Å². The van der Waals surface area contributed by atoms with E-state index in [2.05, 4.69) is 12.2 Å². The Labute approximate surface area is 228 Å². The van der Waals surface area contributed by atoms with E-state index in [-0.39, 0.29) is 58.1 Å². The zero-order chi connectivity index (χ0) is 27.5. The molecule has 2 heterocycles. The highest BCUT2D eigenvalue weighted by Gasteiger charge is 2.67. The van der Waals surface area contributed by atoms with Gasteiger partial charge in [0.15, 0.2) is 12.4 Å². The third-order valence-electron chi connectivity index (χ3n) is 8.45. The minimum Gasteiger partial charge on any atom is -0.457 e. The smallest absolute Gasteiger partial charge is 0.379 e. The number of esters is 2. The standard InChI is InChI=1S/C31H23NO8/c33-24(16-6-8-19(9-7-16)40-31(37)25-5-2-12-38-25)15-39-30(36)17-3-1-4-18(13-17)32-28(34)26-20-10-11-21(23-14-22(20)23)27(26)29(32)35/h1-13,20-23,26-27H,14-15H2. The van der Waals surface area contributed by atoms with Gasteiger partial charge < -0.3 is 13.9 Å². The Morgan fingerprint density at radius 3 is 2.17 bits per heavy atom. The summed E-state index contributed by atoms with van der Waals surface area (Å²) >= 11 is 0. The van der Waals surface area contributed by atoms with E-state index in [0.29, 0.717) is 17.5 Å². The van der Waals surface area contributed by atoms with E-state index >= 15 is 0 Å². The third kappa shape index (κ3) is 3.88. The van der Waals surface area contributed by atoms with E-state index in [0.717, 1.165) is 6.42 Å². The van der Waals surface area contributed by atoms with Crippen molar-refractivity contribution in [2.75, 3.05) is 11.5 Å². The molecular weight excluding hydrogens is 514 g/mol. The van der Waals surface area contributed by atoms with Crippen molar-refractivity contribution in [3.05, 3.63) is 96.0 Å². The third-order valence-corrected chi connectivity index (χ3v) is 8.45. The molecule has 2 amide bonds. The van der Waals surface area contributed by atoms with Crippen molar-refractivity contribution in [1.82, 2.24) is 0 Å². The van der Waals surface area contributed by atoms with Crippen LogP contribution in [0.2, 0.25) is 0 Å². The van der Waals surface area contributed by atoms with Gasteiger partial charge in [0.1, 0.15) is 5.75 Å². The predicted molar refractivity (Wildman–Crippen MR) is 138 cm³/mol. The van der Waals surface area contributed by atoms with Crippen LogP contribution in [0.4, 0.5) is 5.69 Å². The van der Waals surface area contributed by atoms with Crippen LogP contribution in [0.3, 0.4) is 0 Å². The van der Waals surface area contributed by atoms with Crippen LogP contribution in [-0.2, 0) is 14.3 Å². The Kier molecular flexibility index (Phi) is 5.55. The molecule has 9 heteroatoms. The first-order valence-electron chi connectivity index (χ1n) is 13.1. The lowest BCUT2D eigenvalue weighted by Crippen LogP contribution is -2.40. The summed E-state index contributed by atoms with van der Waals surface area (Å²) in [6.45, 7) is -0.516. The van der Waals surface area contributed by atoms with E-state index in [9.17, 15) is 24.0 Å². The van der Waals surface area contributed by atoms with Gasteiger partial charge in [-0.2, -0.15) is 0 Å². The molecule has 3 aromatic rings. The molecule has 1 aromatic heterocycles. The molecule has 1 aliphatic heterocycles. The summed E-state index contributed by atoms with van der Waals surface area (Å²) < 4.78 is 15.4. The minimum atomic E-state index is -0.751. The van der Waals surface area contributed by atoms with E-state index in [1.807, 2.05) is 0 Å². The fourth-order valence-electron chi connectivity index (χ4n) is 6.54. The molecule has 200 valence electrons. The fraction of sp³-hybridized carbons (Fsp3) is 0.258. The van der Waals surface area contributed by atoms with Crippen molar-refractivity contribution in [2.24, 2.45) is 35.5 Å². The molecule has 6 atom stereocenters. The second kappa shape index (κ2) is 9.15. The number of carbonyl (C=O) groups is 5. The molecule has 9 nitrogen and oxygen atoms in total. The molecule has 1 saturated heterocycles. The lowest BCUT2D eigenvalue weighted by molar-refractivity contribution is -0.124. The molecular formula is C31H23NO8. The lowest BCUT2D eigenvalue weighted by atomic mass is 9.63. The number of benzene rings is 2. The first-order valence-corrected chi connectivity index (χ1v) is 13.1. The monoisotopic (exact) mass is 537 g/mol. The molecule has 4 aliphatic carbocycles. The Morgan fingerprint density at radius 2 is 1.52 bits per heavy atom. The van der Waals surface area contributed by atoms with E-state index < -0.39 is 24.3 Å². The molecule has 0 spiro atoms. The maximum absolute atomic E-state index is 13.4. The number of Topliss-reactive ketones (excluding diaryl/α,β-unsaturated/α-hetero) is 1. The first-order chi connectivity index (χ1) is 19.4. The molecule has 2 saturated carbocycles. The maximum Gasteiger partial charge on any atom is 0.379 e. The molecule has 8 rings (SSSR count). The number of imide groups is 1. The average Bonchev–Trinajstić information content (AvgIpc) is 3.54. The summed E-state index contributed by atoms with van der Waals surface area (Å²) in [5.41, 5.74) is 0.722. The molecule has 2 bridgehead atoms. The number of ether oxygens (including phenoxy) is 2. The van der Waals surface area contributed by atoms with Crippen LogP contribution >= 0.6 is 0 Å². The average molecular weight is 538 g/mol. The van der Waals surface area contributed by atoms with Gasteiger partial charge in [-0.1, -0.05) is 18.2 Å². The van der Waals surface area contributed by atoms with Crippen LogP contribution in [-0.4, -0.2) is 36.1 Å². The Hall–Kier alpha value is -4.79. The number of anilines is 1. The van der Waals surface area contributed by atoms with Crippen molar-refractivity contribution < 1.29 is 37.9 Å². The molecule has 40 heavy (non-hydrogen) atoms. The van der Waals surface area contributed by atoms with Crippen molar-refractivity contribution in [3.63, 3.8) is 0 Å². The zero-order valence-electron chi connectivity index (χ0n) is 21.1. The van der Waals surface area contributed by atoms with Gasteiger partial charge >= 0.3 is 11.9 Å². The normalized spacial score (nSPS) is 27.2. The number of carbonyl (C=O) groups excluding carboxylic acids is 5. The summed E-state index contributed by atoms with van der Waals surface area (Å²) in [6, 6.07) is 15.0. The summed E-state index contributed by atoms with van der Waals surface area (Å²) in [4.78, 5) is 65.3. The Bertz CT molecular complexity index is 1550. The summed E-state index contributed by atoms with van der Waals surface area (Å²) in [7, 11) is 0. The van der Waals surface area contributed by atoms with Crippen LogP contribution < -0.4 is 9.64 Å². The zero-order valence-corrected chi connectivity index (χ0v) is 21.1. The predicted octanol–water partition coefficient (Wildman–Crippen LogP) is 4.10. The second-order valence-corrected chi connectivity index (χ2v) is 10.6. The largest absolute Gasteiger partial charge is 0.457 e. The van der Waals surface area contributed by atoms with E-state index in [1.54, 1.807) is 18.2 Å². The number of furan rings is 1. The lowest BCUT2D eigenvalue weighted by Gasteiger charge is -2.37. The van der Waals surface area contributed by atoms with E-state index in [1.165, 1.54) is 53.6 Å². The van der Waals surface area contributed by atoms with Gasteiger partial charge in [-0.3, -0.25) is 14.4 Å². The van der Waals surface area contributed by atoms with Gasteiger partial charge in [-0.05, 0) is 84.7 Å². The number of rotatable bonds is 7. The van der Waals surface area contributed by atoms with Gasteiger partial charge in [-0.15, -0.1) is 0 Å². The number of nitrogens with zero attached hydrogens (tertiary/aromatic N) is 1. The molecule has 2 aromatic carbocycles. The van der Waals surface area contributed by atoms with Gasteiger partial charge in [0.25, 0.3) is 0 Å². The maximum atomic E-state index is 13.4. The number of hydrogen-bond donors (Lipinski definition) is 0. The fourth-order valence-corrected chi connectivity index (χ4v) is 6.54. The van der Waals surface area contributed by atoms with E-state index in [4.69, 9.17) is 13.9 Å². The van der Waals surface area contributed by atoms with Crippen LogP contribution in [0.5, 0.6) is 5.75 Å². The number of amides is 2. The van der Waals surface area contributed by atoms with Crippen LogP contribution in [0, 0.1) is 35.5 Å². The highest BCUT2D eigenvalue weighted by atomic mass is 16.5. The molecule has 0 N–H and O–H groups in total.